The second-order valence-electron chi connectivity index (χ2n) is 5.06. The van der Waals surface area contributed by atoms with Crippen LogP contribution in [0.3, 0.4) is 0 Å². The molecule has 2 N–H and O–H groups in total. The van der Waals surface area contributed by atoms with E-state index in [1.807, 2.05) is 0 Å². The third kappa shape index (κ3) is 1.76. The Labute approximate surface area is 97.6 Å². The lowest BCUT2D eigenvalue weighted by molar-refractivity contribution is -0.775. The summed E-state index contributed by atoms with van der Waals surface area (Å²) in [5.74, 6) is 0. The number of hydrogen-bond donors (Lipinski definition) is 2. The van der Waals surface area contributed by atoms with Gasteiger partial charge in [0.1, 0.15) is 5.69 Å². The van der Waals surface area contributed by atoms with E-state index in [2.05, 4.69) is 30.6 Å². The van der Waals surface area contributed by atoms with E-state index in [1.165, 1.54) is 41.8 Å². The lowest BCUT2D eigenvalue weighted by Crippen LogP contribution is -3.00. The molecule has 1 heterocycles. The summed E-state index contributed by atoms with van der Waals surface area (Å²) in [4.78, 5) is 1.32. The third-order valence-corrected chi connectivity index (χ3v) is 4.02. The molecule has 1 unspecified atom stereocenters. The van der Waals surface area contributed by atoms with Crippen LogP contribution in [0.4, 0.5) is 5.69 Å². The first-order chi connectivity index (χ1) is 7.84. The summed E-state index contributed by atoms with van der Waals surface area (Å²) >= 11 is 0. The Kier molecular flexibility index (Phi) is 2.70. The van der Waals surface area contributed by atoms with Gasteiger partial charge in [0, 0.05) is 24.6 Å². The summed E-state index contributed by atoms with van der Waals surface area (Å²) in [6, 6.07) is 7.44. The molecule has 0 saturated heterocycles. The van der Waals surface area contributed by atoms with Crippen molar-refractivity contribution in [3.8, 4) is 0 Å². The molecule has 0 spiro atoms. The predicted molar refractivity (Wildman–Crippen MR) is 65.5 cm³/mol. The molecule has 1 aliphatic heterocycles. The van der Waals surface area contributed by atoms with E-state index >= 15 is 0 Å². The van der Waals surface area contributed by atoms with E-state index < -0.39 is 0 Å². The van der Waals surface area contributed by atoms with Crippen LogP contribution in [0.5, 0.6) is 0 Å². The molecule has 1 saturated carbocycles. The first-order valence-corrected chi connectivity index (χ1v) is 6.37. The number of quaternary nitrogens is 1. The average Bonchev–Trinajstić information content (AvgIpc) is 2.60. The largest absolute Gasteiger partial charge is 0.434 e. The van der Waals surface area contributed by atoms with Gasteiger partial charge in [-0.1, -0.05) is 18.6 Å². The summed E-state index contributed by atoms with van der Waals surface area (Å²) in [5.41, 5.74) is 4.44. The first-order valence-electron chi connectivity index (χ1n) is 6.37. The molecule has 2 heteroatoms. The van der Waals surface area contributed by atoms with Gasteiger partial charge in [0.05, 0.1) is 6.54 Å². The van der Waals surface area contributed by atoms with Crippen molar-refractivity contribution >= 4 is 5.69 Å². The molecule has 1 aromatic carbocycles. The minimum atomic E-state index is 0.778. The van der Waals surface area contributed by atoms with Gasteiger partial charge in [0.25, 0.3) is 0 Å². The second-order valence-corrected chi connectivity index (χ2v) is 5.06. The van der Waals surface area contributed by atoms with Gasteiger partial charge >= 0.3 is 0 Å². The highest BCUT2D eigenvalue weighted by Crippen LogP contribution is 2.23. The van der Waals surface area contributed by atoms with Gasteiger partial charge in [-0.15, -0.1) is 7.05 Å². The van der Waals surface area contributed by atoms with Gasteiger partial charge < -0.3 is 10.2 Å². The van der Waals surface area contributed by atoms with Gasteiger partial charge in [-0.2, -0.15) is 0 Å². The lowest BCUT2D eigenvalue weighted by Gasteiger charge is -2.27. The normalized spacial score (nSPS) is 24.2. The maximum atomic E-state index is 4.14. The molecule has 0 aromatic heterocycles. The molecular formula is C14H20N2. The molecule has 1 aliphatic carbocycles. The van der Waals surface area contributed by atoms with Crippen molar-refractivity contribution in [3.63, 3.8) is 0 Å². The van der Waals surface area contributed by atoms with Crippen LogP contribution in [0, 0.1) is 7.05 Å². The molecule has 1 atom stereocenters. The molecule has 16 heavy (non-hydrogen) atoms. The highest BCUT2D eigenvalue weighted by atomic mass is 15.1. The minimum Gasteiger partial charge on any atom is -0.434 e. The van der Waals surface area contributed by atoms with Crippen molar-refractivity contribution in [3.05, 3.63) is 36.4 Å². The van der Waals surface area contributed by atoms with Crippen molar-refractivity contribution in [1.82, 2.24) is 5.32 Å². The van der Waals surface area contributed by atoms with Crippen molar-refractivity contribution in [1.29, 1.82) is 0 Å². The first kappa shape index (κ1) is 10.3. The number of benzene rings is 1. The van der Waals surface area contributed by atoms with E-state index in [-0.39, 0.29) is 0 Å². The van der Waals surface area contributed by atoms with E-state index in [9.17, 15) is 0 Å². The van der Waals surface area contributed by atoms with Crippen LogP contribution in [0.25, 0.3) is 0 Å². The van der Waals surface area contributed by atoms with Crippen LogP contribution in [0.15, 0.2) is 18.2 Å². The summed E-state index contributed by atoms with van der Waals surface area (Å²) in [6.07, 6.45) is 5.32. The molecule has 1 fully saturated rings. The van der Waals surface area contributed by atoms with Crippen LogP contribution < -0.4 is 10.2 Å². The highest BCUT2D eigenvalue weighted by Gasteiger charge is 2.21. The quantitative estimate of drug-likeness (QED) is 0.726. The molecular weight excluding hydrogens is 196 g/mol. The molecule has 3 rings (SSSR count). The Balaban J connectivity index is 1.74. The predicted octanol–water partition coefficient (Wildman–Crippen LogP) is 1.19. The van der Waals surface area contributed by atoms with Crippen LogP contribution in [0.2, 0.25) is 0 Å². The van der Waals surface area contributed by atoms with Gasteiger partial charge in [0.15, 0.2) is 0 Å². The molecule has 2 nitrogen and oxygen atoms in total. The summed E-state index contributed by atoms with van der Waals surface area (Å²) in [6.45, 7) is 2.19. The molecule has 0 bridgehead atoms. The van der Waals surface area contributed by atoms with E-state index in [4.69, 9.17) is 0 Å². The average molecular weight is 216 g/mol. The topological polar surface area (TPSA) is 16.5 Å². The number of hydrogen-bond acceptors (Lipinski definition) is 1. The lowest BCUT2D eigenvalue weighted by atomic mass is 9.92. The summed E-state index contributed by atoms with van der Waals surface area (Å²) in [7, 11) is 4.14. The maximum Gasteiger partial charge on any atom is 0.108 e. The maximum absolute atomic E-state index is 4.14. The van der Waals surface area contributed by atoms with Crippen LogP contribution in [-0.4, -0.2) is 12.6 Å². The summed E-state index contributed by atoms with van der Waals surface area (Å²) < 4.78 is 0. The van der Waals surface area contributed by atoms with Crippen LogP contribution in [-0.2, 0) is 13.0 Å². The SMILES string of the molecule is [CH2-][NH+]1CCc2c(CNC3CCC3)cccc21. The molecule has 86 valence electrons. The zero-order chi connectivity index (χ0) is 11.0. The molecule has 2 aliphatic rings. The van der Waals surface area contributed by atoms with Crippen molar-refractivity contribution in [2.24, 2.45) is 0 Å². The van der Waals surface area contributed by atoms with Crippen molar-refractivity contribution < 1.29 is 4.90 Å². The highest BCUT2D eigenvalue weighted by molar-refractivity contribution is 5.47. The number of rotatable bonds is 3. The Hall–Kier alpha value is -0.860. The van der Waals surface area contributed by atoms with Gasteiger partial charge in [-0.3, -0.25) is 0 Å². The smallest absolute Gasteiger partial charge is 0.108 e. The summed E-state index contributed by atoms with van der Waals surface area (Å²) in [5, 5.41) is 3.65. The zero-order valence-electron chi connectivity index (χ0n) is 9.76. The second kappa shape index (κ2) is 4.19. The van der Waals surface area contributed by atoms with E-state index in [1.54, 1.807) is 5.56 Å². The van der Waals surface area contributed by atoms with Crippen LogP contribution in [0.1, 0.15) is 30.4 Å². The fraction of sp³-hybridized carbons (Fsp3) is 0.500. The Bertz CT molecular complexity index is 382. The Morgan fingerprint density at radius 3 is 3.00 bits per heavy atom. The third-order valence-electron chi connectivity index (χ3n) is 4.02. The van der Waals surface area contributed by atoms with Gasteiger partial charge in [0.2, 0.25) is 0 Å². The number of fused-ring (bicyclic) bond motifs is 1. The van der Waals surface area contributed by atoms with Crippen LogP contribution >= 0.6 is 0 Å². The standard InChI is InChI=1S/C14H20N2/c1-16-9-8-13-11(4-2-7-14(13)16)10-15-12-5-3-6-12/h2,4,7,12,15-16H,1,3,5-6,8-10H2. The minimum absolute atomic E-state index is 0.778. The Morgan fingerprint density at radius 1 is 1.38 bits per heavy atom. The monoisotopic (exact) mass is 216 g/mol. The van der Waals surface area contributed by atoms with Crippen molar-refractivity contribution in [2.75, 3.05) is 6.54 Å². The van der Waals surface area contributed by atoms with Gasteiger partial charge in [-0.25, -0.2) is 0 Å². The van der Waals surface area contributed by atoms with E-state index in [0.29, 0.717) is 0 Å². The van der Waals surface area contributed by atoms with E-state index in [0.717, 1.165) is 19.1 Å². The molecule has 0 amide bonds. The van der Waals surface area contributed by atoms with Crippen molar-refractivity contribution in [2.45, 2.75) is 38.3 Å². The zero-order valence-corrected chi connectivity index (χ0v) is 9.76. The molecule has 0 radical (unpaired) electrons. The fourth-order valence-corrected chi connectivity index (χ4v) is 2.70. The molecule has 1 aromatic rings. The number of nitrogens with one attached hydrogen (secondary N) is 2. The van der Waals surface area contributed by atoms with Gasteiger partial charge in [-0.05, 0) is 24.5 Å². The Morgan fingerprint density at radius 2 is 2.25 bits per heavy atom. The fourth-order valence-electron chi connectivity index (χ4n) is 2.70.